The summed E-state index contributed by atoms with van der Waals surface area (Å²) in [6.07, 6.45) is 3.77. The first-order valence-electron chi connectivity index (χ1n) is 4.95. The fraction of sp³-hybridized carbons (Fsp3) is 0.600. The van der Waals surface area contributed by atoms with Crippen molar-refractivity contribution in [3.05, 3.63) is 16.6 Å². The lowest BCUT2D eigenvalue weighted by Crippen LogP contribution is -2.33. The second-order valence-electron chi connectivity index (χ2n) is 3.93. The molecule has 1 saturated carbocycles. The monoisotopic (exact) mass is 210 g/mol. The molecule has 1 aromatic heterocycles. The summed E-state index contributed by atoms with van der Waals surface area (Å²) < 4.78 is 0. The van der Waals surface area contributed by atoms with E-state index in [0.29, 0.717) is 5.69 Å². The van der Waals surface area contributed by atoms with Gasteiger partial charge in [0.05, 0.1) is 5.51 Å². The van der Waals surface area contributed by atoms with E-state index in [0.717, 1.165) is 12.3 Å². The molecule has 0 aromatic carbocycles. The molecule has 1 fully saturated rings. The number of nitrogens with one attached hydrogen (secondary N) is 1. The Morgan fingerprint density at radius 3 is 3.14 bits per heavy atom. The van der Waals surface area contributed by atoms with Crippen LogP contribution in [0.5, 0.6) is 0 Å². The number of carbonyl (C=O) groups excluding carboxylic acids is 1. The molecule has 0 saturated heterocycles. The highest BCUT2D eigenvalue weighted by atomic mass is 32.1. The standard InChI is InChI=1S/C10H14N2OS/c1-7(4-8-2-3-8)12-10(13)9-5-14-6-11-9/h5-8H,2-4H2,1H3,(H,12,13). The van der Waals surface area contributed by atoms with Crippen molar-refractivity contribution in [2.75, 3.05) is 0 Å². The minimum atomic E-state index is -0.0422. The molecule has 2 rings (SSSR count). The molecule has 1 aromatic rings. The van der Waals surface area contributed by atoms with Gasteiger partial charge in [-0.15, -0.1) is 11.3 Å². The summed E-state index contributed by atoms with van der Waals surface area (Å²) in [7, 11) is 0. The van der Waals surface area contributed by atoms with E-state index in [4.69, 9.17) is 0 Å². The van der Waals surface area contributed by atoms with Gasteiger partial charge in [-0.1, -0.05) is 12.8 Å². The normalized spacial score (nSPS) is 17.8. The van der Waals surface area contributed by atoms with E-state index in [1.807, 2.05) is 0 Å². The molecular weight excluding hydrogens is 196 g/mol. The molecule has 1 aliphatic carbocycles. The van der Waals surface area contributed by atoms with Crippen LogP contribution in [-0.2, 0) is 0 Å². The van der Waals surface area contributed by atoms with Gasteiger partial charge < -0.3 is 5.32 Å². The molecule has 1 unspecified atom stereocenters. The number of hydrogen-bond acceptors (Lipinski definition) is 3. The Morgan fingerprint density at radius 2 is 2.57 bits per heavy atom. The molecular formula is C10H14N2OS. The summed E-state index contributed by atoms with van der Waals surface area (Å²) in [4.78, 5) is 15.5. The number of carbonyl (C=O) groups is 1. The van der Waals surface area contributed by atoms with Gasteiger partial charge in [0.25, 0.3) is 5.91 Å². The second-order valence-corrected chi connectivity index (χ2v) is 4.65. The van der Waals surface area contributed by atoms with Gasteiger partial charge in [0.15, 0.2) is 0 Å². The van der Waals surface area contributed by atoms with Crippen molar-refractivity contribution in [3.63, 3.8) is 0 Å². The number of nitrogens with zero attached hydrogens (tertiary/aromatic N) is 1. The van der Waals surface area contributed by atoms with Crippen molar-refractivity contribution in [2.45, 2.75) is 32.2 Å². The Bertz CT molecular complexity index is 306. The van der Waals surface area contributed by atoms with Crippen LogP contribution in [0.15, 0.2) is 10.9 Å². The average Bonchev–Trinajstić information content (AvgIpc) is 2.80. The van der Waals surface area contributed by atoms with Crippen molar-refractivity contribution >= 4 is 17.2 Å². The summed E-state index contributed by atoms with van der Waals surface area (Å²) in [6, 6.07) is 0.275. The van der Waals surface area contributed by atoms with E-state index < -0.39 is 0 Å². The lowest BCUT2D eigenvalue weighted by Gasteiger charge is -2.11. The van der Waals surface area contributed by atoms with Crippen molar-refractivity contribution in [3.8, 4) is 0 Å². The smallest absolute Gasteiger partial charge is 0.270 e. The van der Waals surface area contributed by atoms with Crippen LogP contribution in [-0.4, -0.2) is 16.9 Å². The van der Waals surface area contributed by atoms with Gasteiger partial charge in [0.1, 0.15) is 5.69 Å². The molecule has 1 heterocycles. The SMILES string of the molecule is CC(CC1CC1)NC(=O)c1cscn1. The highest BCUT2D eigenvalue weighted by Crippen LogP contribution is 2.33. The first-order valence-corrected chi connectivity index (χ1v) is 5.89. The number of aromatic nitrogens is 1. The van der Waals surface area contributed by atoms with Crippen LogP contribution < -0.4 is 5.32 Å². The maximum absolute atomic E-state index is 11.6. The van der Waals surface area contributed by atoms with E-state index in [1.165, 1.54) is 24.2 Å². The first-order chi connectivity index (χ1) is 6.75. The lowest BCUT2D eigenvalue weighted by molar-refractivity contribution is 0.0933. The largest absolute Gasteiger partial charge is 0.348 e. The average molecular weight is 210 g/mol. The Morgan fingerprint density at radius 1 is 1.79 bits per heavy atom. The Hall–Kier alpha value is -0.900. The van der Waals surface area contributed by atoms with E-state index in [2.05, 4.69) is 17.2 Å². The van der Waals surface area contributed by atoms with Gasteiger partial charge in [-0.25, -0.2) is 4.98 Å². The van der Waals surface area contributed by atoms with Crippen molar-refractivity contribution in [1.29, 1.82) is 0 Å². The molecule has 0 spiro atoms. The number of hydrogen-bond donors (Lipinski definition) is 1. The lowest BCUT2D eigenvalue weighted by atomic mass is 10.1. The van der Waals surface area contributed by atoms with Crippen LogP contribution in [0.1, 0.15) is 36.7 Å². The number of amides is 1. The molecule has 3 nitrogen and oxygen atoms in total. The Balaban J connectivity index is 1.81. The minimum absolute atomic E-state index is 0.0422. The maximum Gasteiger partial charge on any atom is 0.270 e. The van der Waals surface area contributed by atoms with Crippen LogP contribution in [0, 0.1) is 5.92 Å². The van der Waals surface area contributed by atoms with Gasteiger partial charge in [0.2, 0.25) is 0 Å². The van der Waals surface area contributed by atoms with Crippen LogP contribution in [0.25, 0.3) is 0 Å². The molecule has 0 bridgehead atoms. The molecule has 1 atom stereocenters. The van der Waals surface area contributed by atoms with E-state index in [-0.39, 0.29) is 11.9 Å². The molecule has 1 aliphatic rings. The minimum Gasteiger partial charge on any atom is -0.348 e. The predicted molar refractivity (Wildman–Crippen MR) is 56.4 cm³/mol. The molecule has 1 N–H and O–H groups in total. The summed E-state index contributed by atoms with van der Waals surface area (Å²) >= 11 is 1.45. The first kappa shape index (κ1) is 9.65. The molecule has 4 heteroatoms. The van der Waals surface area contributed by atoms with Crippen molar-refractivity contribution in [2.24, 2.45) is 5.92 Å². The summed E-state index contributed by atoms with van der Waals surface area (Å²) in [5.41, 5.74) is 2.22. The zero-order valence-electron chi connectivity index (χ0n) is 8.19. The Kier molecular flexibility index (Phi) is 2.82. The number of rotatable bonds is 4. The molecule has 14 heavy (non-hydrogen) atoms. The van der Waals surface area contributed by atoms with Crippen LogP contribution >= 0.6 is 11.3 Å². The van der Waals surface area contributed by atoms with Crippen LogP contribution in [0.4, 0.5) is 0 Å². The highest BCUT2D eigenvalue weighted by Gasteiger charge is 2.24. The quantitative estimate of drug-likeness (QED) is 0.826. The van der Waals surface area contributed by atoms with Gasteiger partial charge in [-0.3, -0.25) is 4.79 Å². The van der Waals surface area contributed by atoms with Crippen LogP contribution in [0.3, 0.4) is 0 Å². The summed E-state index contributed by atoms with van der Waals surface area (Å²) in [5, 5.41) is 4.74. The van der Waals surface area contributed by atoms with Gasteiger partial charge in [-0.2, -0.15) is 0 Å². The van der Waals surface area contributed by atoms with E-state index in [1.54, 1.807) is 10.9 Å². The second kappa shape index (κ2) is 4.09. The van der Waals surface area contributed by atoms with Gasteiger partial charge in [-0.05, 0) is 19.3 Å². The third kappa shape index (κ3) is 2.54. The zero-order chi connectivity index (χ0) is 9.97. The van der Waals surface area contributed by atoms with Crippen molar-refractivity contribution in [1.82, 2.24) is 10.3 Å². The fourth-order valence-electron chi connectivity index (χ4n) is 1.53. The molecule has 0 radical (unpaired) electrons. The van der Waals surface area contributed by atoms with E-state index >= 15 is 0 Å². The summed E-state index contributed by atoms with van der Waals surface area (Å²) in [6.45, 7) is 2.06. The predicted octanol–water partition coefficient (Wildman–Crippen LogP) is 2.06. The molecule has 76 valence electrons. The highest BCUT2D eigenvalue weighted by molar-refractivity contribution is 7.07. The van der Waals surface area contributed by atoms with Gasteiger partial charge in [0, 0.05) is 11.4 Å². The zero-order valence-corrected chi connectivity index (χ0v) is 9.01. The Labute approximate surface area is 87.6 Å². The third-order valence-electron chi connectivity index (χ3n) is 2.43. The maximum atomic E-state index is 11.6. The fourth-order valence-corrected chi connectivity index (χ4v) is 2.07. The van der Waals surface area contributed by atoms with E-state index in [9.17, 15) is 4.79 Å². The van der Waals surface area contributed by atoms with Gasteiger partial charge >= 0.3 is 0 Å². The summed E-state index contributed by atoms with van der Waals surface area (Å²) in [5.74, 6) is 0.806. The van der Waals surface area contributed by atoms with Crippen molar-refractivity contribution < 1.29 is 4.79 Å². The molecule has 0 aliphatic heterocycles. The molecule has 1 amide bonds. The topological polar surface area (TPSA) is 42.0 Å². The van der Waals surface area contributed by atoms with Crippen LogP contribution in [0.2, 0.25) is 0 Å². The number of thiazole rings is 1. The third-order valence-corrected chi connectivity index (χ3v) is 3.01.